The number of nitrogens with zero attached hydrogens (tertiary/aromatic N) is 6. The minimum Gasteiger partial charge on any atom is -0.497 e. The molecule has 2 amide bonds. The smallest absolute Gasteiger partial charge is 0.274 e. The number of anilines is 1. The molecule has 0 radical (unpaired) electrons. The van der Waals surface area contributed by atoms with Crippen LogP contribution >= 0.6 is 0 Å². The number of aromatic nitrogens is 2. The summed E-state index contributed by atoms with van der Waals surface area (Å²) < 4.78 is 21.4. The van der Waals surface area contributed by atoms with Crippen LogP contribution in [0.2, 0.25) is 0 Å². The van der Waals surface area contributed by atoms with Crippen molar-refractivity contribution in [3.63, 3.8) is 0 Å². The molecule has 0 spiro atoms. The van der Waals surface area contributed by atoms with Gasteiger partial charge in [0.15, 0.2) is 11.5 Å². The average Bonchev–Trinajstić information content (AvgIpc) is 3.64. The second-order valence-corrected chi connectivity index (χ2v) is 9.06. The lowest BCUT2D eigenvalue weighted by molar-refractivity contribution is -0.141. The van der Waals surface area contributed by atoms with Gasteiger partial charge in [0, 0.05) is 50.3 Å². The van der Waals surface area contributed by atoms with E-state index < -0.39 is 0 Å². The fourth-order valence-electron chi connectivity index (χ4n) is 4.61. The molecular formula is C26H26N6O6. The molecule has 12 nitrogen and oxygen atoms in total. The van der Waals surface area contributed by atoms with E-state index in [0.717, 1.165) is 11.4 Å². The van der Waals surface area contributed by atoms with Crippen molar-refractivity contribution in [1.82, 2.24) is 20.0 Å². The number of carbonyl (C=O) groups excluding carboxylic acids is 2. The number of hydrogen-bond donors (Lipinski definition) is 0. The summed E-state index contributed by atoms with van der Waals surface area (Å²) in [7, 11) is 1.64. The Hall–Kier alpha value is -4.61. The van der Waals surface area contributed by atoms with Crippen LogP contribution in [0.15, 0.2) is 52.1 Å². The fourth-order valence-corrected chi connectivity index (χ4v) is 4.61. The molecule has 38 heavy (non-hydrogen) atoms. The van der Waals surface area contributed by atoms with Crippen molar-refractivity contribution < 1.29 is 28.3 Å². The molecule has 3 aliphatic heterocycles. The topological polar surface area (TPSA) is 123 Å². The van der Waals surface area contributed by atoms with Gasteiger partial charge in [0.25, 0.3) is 5.89 Å². The molecular weight excluding hydrogens is 492 g/mol. The summed E-state index contributed by atoms with van der Waals surface area (Å²) in [5.74, 6) is 2.31. The molecule has 196 valence electrons. The summed E-state index contributed by atoms with van der Waals surface area (Å²) in [6, 6.07) is 13.2. The Morgan fingerprint density at radius 1 is 1.00 bits per heavy atom. The molecule has 0 atom stereocenters. The number of methoxy groups -OCH3 is 1. The molecule has 1 fully saturated rings. The van der Waals surface area contributed by atoms with Gasteiger partial charge in [-0.25, -0.2) is 5.01 Å². The Kier molecular flexibility index (Phi) is 6.28. The lowest BCUT2D eigenvalue weighted by atomic mass is 10.1. The molecule has 2 aromatic carbocycles. The van der Waals surface area contributed by atoms with Gasteiger partial charge in [0.2, 0.25) is 24.4 Å². The molecule has 3 aliphatic rings. The predicted octanol–water partition coefficient (Wildman–Crippen LogP) is 2.15. The van der Waals surface area contributed by atoms with Gasteiger partial charge in [-0.05, 0) is 42.5 Å². The van der Waals surface area contributed by atoms with Crippen LogP contribution in [0.4, 0.5) is 5.69 Å². The van der Waals surface area contributed by atoms with E-state index in [1.54, 1.807) is 24.1 Å². The van der Waals surface area contributed by atoms with Crippen LogP contribution in [-0.2, 0) is 9.59 Å². The summed E-state index contributed by atoms with van der Waals surface area (Å²) in [6.45, 7) is 2.57. The van der Waals surface area contributed by atoms with E-state index >= 15 is 0 Å². The van der Waals surface area contributed by atoms with Gasteiger partial charge in [-0.3, -0.25) is 9.59 Å². The number of piperazine rings is 1. The van der Waals surface area contributed by atoms with Gasteiger partial charge in [-0.15, -0.1) is 0 Å². The zero-order valence-corrected chi connectivity index (χ0v) is 20.8. The minimum absolute atomic E-state index is 0.131. The van der Waals surface area contributed by atoms with Crippen molar-refractivity contribution >= 4 is 23.2 Å². The highest BCUT2D eigenvalue weighted by molar-refractivity contribution is 6.01. The van der Waals surface area contributed by atoms with Gasteiger partial charge >= 0.3 is 0 Å². The van der Waals surface area contributed by atoms with E-state index in [4.69, 9.17) is 18.7 Å². The zero-order chi connectivity index (χ0) is 26.1. The maximum absolute atomic E-state index is 13.0. The van der Waals surface area contributed by atoms with Crippen LogP contribution < -0.4 is 19.1 Å². The van der Waals surface area contributed by atoms with E-state index in [1.807, 2.05) is 30.3 Å². The Balaban J connectivity index is 1.09. The quantitative estimate of drug-likeness (QED) is 0.483. The molecule has 6 rings (SSSR count). The fraction of sp³-hybridized carbons (Fsp3) is 0.346. The third kappa shape index (κ3) is 4.72. The molecule has 1 saturated heterocycles. The van der Waals surface area contributed by atoms with Crippen LogP contribution in [0, 0.1) is 0 Å². The van der Waals surface area contributed by atoms with E-state index in [-0.39, 0.29) is 37.5 Å². The van der Waals surface area contributed by atoms with Crippen LogP contribution in [0.1, 0.15) is 18.7 Å². The molecule has 0 bridgehead atoms. The highest BCUT2D eigenvalue weighted by Gasteiger charge is 2.29. The number of hydrazone groups is 1. The van der Waals surface area contributed by atoms with Crippen molar-refractivity contribution in [3.8, 4) is 28.6 Å². The Labute approximate surface area is 218 Å². The Morgan fingerprint density at radius 3 is 2.58 bits per heavy atom. The predicted molar refractivity (Wildman–Crippen MR) is 135 cm³/mol. The maximum Gasteiger partial charge on any atom is 0.274 e. The molecule has 0 saturated carbocycles. The summed E-state index contributed by atoms with van der Waals surface area (Å²) in [5.41, 5.74) is 2.26. The van der Waals surface area contributed by atoms with Crippen molar-refractivity contribution in [2.24, 2.45) is 5.10 Å². The number of rotatable bonds is 6. The first-order valence-electron chi connectivity index (χ1n) is 12.4. The second-order valence-electron chi connectivity index (χ2n) is 9.06. The summed E-state index contributed by atoms with van der Waals surface area (Å²) in [6.07, 6.45) is 0.561. The van der Waals surface area contributed by atoms with Crippen LogP contribution in [0.25, 0.3) is 11.4 Å². The van der Waals surface area contributed by atoms with Crippen molar-refractivity contribution in [3.05, 3.63) is 48.4 Å². The minimum atomic E-state index is -0.213. The SMILES string of the molecule is COc1ccc(N2CCN(C(=O)CN3N=C(c4nc(-c5ccc6c(c5)OCO6)no4)CCC3=O)CC2)cc1. The lowest BCUT2D eigenvalue weighted by Crippen LogP contribution is -2.51. The van der Waals surface area contributed by atoms with Crippen LogP contribution in [-0.4, -0.2) is 84.2 Å². The first-order valence-corrected chi connectivity index (χ1v) is 12.4. The van der Waals surface area contributed by atoms with Crippen LogP contribution in [0.3, 0.4) is 0 Å². The molecule has 4 heterocycles. The zero-order valence-electron chi connectivity index (χ0n) is 20.8. The van der Waals surface area contributed by atoms with Gasteiger partial charge in [0.1, 0.15) is 18.0 Å². The Bertz CT molecular complexity index is 1380. The second kappa shape index (κ2) is 10.0. The first kappa shape index (κ1) is 23.8. The van der Waals surface area contributed by atoms with Crippen molar-refractivity contribution in [1.29, 1.82) is 0 Å². The average molecular weight is 519 g/mol. The summed E-state index contributed by atoms with van der Waals surface area (Å²) in [4.78, 5) is 34.0. The van der Waals surface area contributed by atoms with Gasteiger partial charge in [-0.1, -0.05) is 5.16 Å². The molecule has 0 N–H and O–H groups in total. The molecule has 0 unspecified atom stereocenters. The molecule has 3 aromatic rings. The number of benzene rings is 2. The molecule has 12 heteroatoms. The van der Waals surface area contributed by atoms with E-state index in [0.29, 0.717) is 61.2 Å². The summed E-state index contributed by atoms with van der Waals surface area (Å²) in [5, 5.41) is 9.66. The van der Waals surface area contributed by atoms with E-state index in [2.05, 4.69) is 20.1 Å². The standard InChI is InChI=1S/C26H26N6O6/c1-35-19-5-3-18(4-6-19)30-10-12-31(13-11-30)24(34)15-32-23(33)9-7-20(28-32)26-27-25(29-38-26)17-2-8-21-22(14-17)37-16-36-21/h2-6,8,14H,7,9-13,15-16H2,1H3. The number of hydrogen-bond acceptors (Lipinski definition) is 10. The monoisotopic (exact) mass is 518 g/mol. The third-order valence-electron chi connectivity index (χ3n) is 6.76. The van der Waals surface area contributed by atoms with Crippen LogP contribution in [0.5, 0.6) is 17.2 Å². The lowest BCUT2D eigenvalue weighted by Gasteiger charge is -2.36. The molecule has 1 aromatic heterocycles. The number of amides is 2. The van der Waals surface area contributed by atoms with Crippen molar-refractivity contribution in [2.75, 3.05) is 51.5 Å². The van der Waals surface area contributed by atoms with E-state index in [9.17, 15) is 9.59 Å². The number of carbonyl (C=O) groups is 2. The van der Waals surface area contributed by atoms with Crippen molar-refractivity contribution in [2.45, 2.75) is 12.8 Å². The first-order chi connectivity index (χ1) is 18.6. The third-order valence-corrected chi connectivity index (χ3v) is 6.76. The largest absolute Gasteiger partial charge is 0.497 e. The highest BCUT2D eigenvalue weighted by Crippen LogP contribution is 2.35. The normalized spacial score (nSPS) is 17.0. The molecule has 0 aliphatic carbocycles. The number of ether oxygens (including phenoxy) is 3. The van der Waals surface area contributed by atoms with E-state index in [1.165, 1.54) is 5.01 Å². The van der Waals surface area contributed by atoms with Gasteiger partial charge in [0.05, 0.1) is 7.11 Å². The number of fused-ring (bicyclic) bond motifs is 1. The van der Waals surface area contributed by atoms with Gasteiger partial charge in [-0.2, -0.15) is 10.1 Å². The summed E-state index contributed by atoms with van der Waals surface area (Å²) >= 11 is 0. The Morgan fingerprint density at radius 2 is 1.79 bits per heavy atom. The maximum atomic E-state index is 13.0. The van der Waals surface area contributed by atoms with Gasteiger partial charge < -0.3 is 28.5 Å². The highest BCUT2D eigenvalue weighted by atomic mass is 16.7.